The minimum Gasteiger partial charge on any atom is -0.507 e. The molecule has 2 aliphatic rings. The highest BCUT2D eigenvalue weighted by Gasteiger charge is 2.49. The Bertz CT molecular complexity index is 1090. The molecule has 0 aromatic heterocycles. The maximum atomic E-state index is 14.9. The number of benzene rings is 2. The van der Waals surface area contributed by atoms with Gasteiger partial charge in [0.05, 0.1) is 28.8 Å². The van der Waals surface area contributed by atoms with Crippen molar-refractivity contribution in [1.82, 2.24) is 4.90 Å². The van der Waals surface area contributed by atoms with Gasteiger partial charge in [0, 0.05) is 17.2 Å². The molecule has 2 aromatic carbocycles. The van der Waals surface area contributed by atoms with Gasteiger partial charge in [-0.3, -0.25) is 9.59 Å². The lowest BCUT2D eigenvalue weighted by Crippen LogP contribution is -2.40. The summed E-state index contributed by atoms with van der Waals surface area (Å²) in [5, 5.41) is 11.4. The minimum atomic E-state index is -1.04. The Hall–Kier alpha value is -2.57. The molecule has 2 fully saturated rings. The fourth-order valence-electron chi connectivity index (χ4n) is 4.64. The molecule has 168 valence electrons. The molecule has 2 aromatic rings. The van der Waals surface area contributed by atoms with Gasteiger partial charge in [0.2, 0.25) is 0 Å². The van der Waals surface area contributed by atoms with Crippen molar-refractivity contribution in [3.63, 3.8) is 0 Å². The summed E-state index contributed by atoms with van der Waals surface area (Å²) >= 11 is 12.4. The van der Waals surface area contributed by atoms with Crippen molar-refractivity contribution in [2.75, 3.05) is 7.11 Å². The van der Waals surface area contributed by atoms with Gasteiger partial charge in [0.25, 0.3) is 11.7 Å². The summed E-state index contributed by atoms with van der Waals surface area (Å²) in [6, 6.07) is 7.52. The highest BCUT2D eigenvalue weighted by Crippen LogP contribution is 2.45. The van der Waals surface area contributed by atoms with Crippen LogP contribution in [0.1, 0.15) is 49.3 Å². The van der Waals surface area contributed by atoms with Gasteiger partial charge in [-0.25, -0.2) is 4.39 Å². The van der Waals surface area contributed by atoms with Crippen molar-refractivity contribution in [2.45, 2.75) is 44.2 Å². The molecule has 0 spiro atoms. The van der Waals surface area contributed by atoms with Gasteiger partial charge < -0.3 is 14.7 Å². The molecule has 1 atom stereocenters. The average Bonchev–Trinajstić information content (AvgIpc) is 3.04. The molecule has 0 bridgehead atoms. The van der Waals surface area contributed by atoms with Crippen molar-refractivity contribution in [1.29, 1.82) is 0 Å². The summed E-state index contributed by atoms with van der Waals surface area (Å²) in [5.74, 6) is -2.39. The molecule has 1 amide bonds. The number of hydrogen-bond acceptors (Lipinski definition) is 4. The topological polar surface area (TPSA) is 66.8 Å². The first-order chi connectivity index (χ1) is 15.3. The maximum absolute atomic E-state index is 14.9. The zero-order chi connectivity index (χ0) is 23.0. The largest absolute Gasteiger partial charge is 0.507 e. The number of aliphatic hydroxyl groups excluding tert-OH is 1. The number of ether oxygens (including phenoxy) is 1. The Balaban J connectivity index is 1.91. The molecule has 1 N–H and O–H groups in total. The van der Waals surface area contributed by atoms with Gasteiger partial charge in [0.1, 0.15) is 11.6 Å². The summed E-state index contributed by atoms with van der Waals surface area (Å²) in [7, 11) is 1.40. The number of amides is 1. The van der Waals surface area contributed by atoms with Crippen molar-refractivity contribution in [2.24, 2.45) is 0 Å². The molecule has 1 saturated carbocycles. The lowest BCUT2D eigenvalue weighted by Gasteiger charge is -2.35. The zero-order valence-electron chi connectivity index (χ0n) is 17.4. The molecule has 32 heavy (non-hydrogen) atoms. The normalized spacial score (nSPS) is 21.2. The van der Waals surface area contributed by atoms with Gasteiger partial charge in [-0.1, -0.05) is 60.7 Å². The Morgan fingerprint density at radius 3 is 2.31 bits per heavy atom. The van der Waals surface area contributed by atoms with E-state index in [4.69, 9.17) is 27.9 Å². The van der Waals surface area contributed by atoms with E-state index in [1.54, 1.807) is 6.07 Å². The van der Waals surface area contributed by atoms with E-state index in [-0.39, 0.29) is 38.5 Å². The Morgan fingerprint density at radius 2 is 1.72 bits per heavy atom. The zero-order valence-corrected chi connectivity index (χ0v) is 18.9. The fourth-order valence-corrected chi connectivity index (χ4v) is 5.28. The van der Waals surface area contributed by atoms with Crippen LogP contribution in [0.3, 0.4) is 0 Å². The van der Waals surface area contributed by atoms with Crippen molar-refractivity contribution in [3.05, 3.63) is 69.0 Å². The number of Topliss-reactive ketones (excluding diaryl/α,β-unsaturated/α-hetero) is 1. The highest BCUT2D eigenvalue weighted by molar-refractivity contribution is 6.47. The van der Waals surface area contributed by atoms with E-state index in [0.717, 1.165) is 32.1 Å². The van der Waals surface area contributed by atoms with Crippen LogP contribution in [0.15, 0.2) is 42.0 Å². The number of carbonyl (C=O) groups excluding carboxylic acids is 2. The van der Waals surface area contributed by atoms with Crippen LogP contribution in [-0.4, -0.2) is 34.8 Å². The molecular weight excluding hydrogens is 456 g/mol. The van der Waals surface area contributed by atoms with E-state index in [1.807, 2.05) is 0 Å². The third-order valence-corrected chi connectivity index (χ3v) is 6.69. The van der Waals surface area contributed by atoms with Crippen LogP contribution < -0.4 is 4.74 Å². The molecule has 1 saturated heterocycles. The second kappa shape index (κ2) is 9.12. The first-order valence-corrected chi connectivity index (χ1v) is 11.2. The third-order valence-electron chi connectivity index (χ3n) is 6.12. The molecule has 1 unspecified atom stereocenters. The van der Waals surface area contributed by atoms with Crippen LogP contribution in [-0.2, 0) is 9.59 Å². The van der Waals surface area contributed by atoms with Gasteiger partial charge in [-0.15, -0.1) is 0 Å². The smallest absolute Gasteiger partial charge is 0.295 e. The average molecular weight is 478 g/mol. The molecule has 1 heterocycles. The summed E-state index contributed by atoms with van der Waals surface area (Å²) < 4.78 is 20.0. The lowest BCUT2D eigenvalue weighted by molar-refractivity contribution is -0.141. The van der Waals surface area contributed by atoms with E-state index in [9.17, 15) is 19.1 Å². The quantitative estimate of drug-likeness (QED) is 0.338. The molecule has 1 aliphatic carbocycles. The van der Waals surface area contributed by atoms with Crippen molar-refractivity contribution in [3.8, 4) is 5.75 Å². The second-order valence-corrected chi connectivity index (χ2v) is 8.81. The highest BCUT2D eigenvalue weighted by atomic mass is 35.5. The predicted molar refractivity (Wildman–Crippen MR) is 120 cm³/mol. The summed E-state index contributed by atoms with van der Waals surface area (Å²) in [6.45, 7) is 0. The maximum Gasteiger partial charge on any atom is 0.295 e. The lowest BCUT2D eigenvalue weighted by atomic mass is 9.90. The van der Waals surface area contributed by atoms with Crippen molar-refractivity contribution >= 4 is 40.7 Å². The van der Waals surface area contributed by atoms with Crippen molar-refractivity contribution < 1.29 is 23.8 Å². The standard InChI is InChI=1S/C24H22Cl2FNO4/c1-32-23-16(25)11-13(12-17(23)26)21(29)19-20(15-9-5-6-10-18(15)27)28(24(31)22(19)30)14-7-3-2-4-8-14/h5-6,9-12,14,20,29H,2-4,7-8H2,1H3/b21-19+. The first-order valence-electron chi connectivity index (χ1n) is 10.4. The molecule has 0 radical (unpaired) electrons. The van der Waals surface area contributed by atoms with Crippen LogP contribution in [0, 0.1) is 5.82 Å². The number of methoxy groups -OCH3 is 1. The molecule has 4 rings (SSSR count). The second-order valence-electron chi connectivity index (χ2n) is 7.99. The van der Waals surface area contributed by atoms with E-state index >= 15 is 0 Å². The number of rotatable bonds is 4. The Kier molecular flexibility index (Phi) is 6.45. The first kappa shape index (κ1) is 22.6. The Morgan fingerprint density at radius 1 is 1.09 bits per heavy atom. The molecular formula is C24H22Cl2FNO4. The minimum absolute atomic E-state index is 0.130. The van der Waals surface area contributed by atoms with Gasteiger partial charge in [-0.2, -0.15) is 0 Å². The van der Waals surface area contributed by atoms with Gasteiger partial charge in [0.15, 0.2) is 5.75 Å². The van der Waals surface area contributed by atoms with E-state index < -0.39 is 29.3 Å². The number of carbonyl (C=O) groups is 2. The molecule has 5 nitrogen and oxygen atoms in total. The fraction of sp³-hybridized carbons (Fsp3) is 0.333. The SMILES string of the molecule is COc1c(Cl)cc(/C(O)=C2\C(=O)C(=O)N(C3CCCCC3)C2c2ccccc2F)cc1Cl. The number of likely N-dealkylation sites (tertiary alicyclic amines) is 1. The monoisotopic (exact) mass is 477 g/mol. The number of ketones is 1. The van der Waals surface area contributed by atoms with E-state index in [0.29, 0.717) is 0 Å². The Labute approximate surface area is 195 Å². The summed E-state index contributed by atoms with van der Waals surface area (Å²) in [6.07, 6.45) is 4.33. The number of halogens is 3. The molecule has 1 aliphatic heterocycles. The van der Waals surface area contributed by atoms with Crippen LogP contribution in [0.5, 0.6) is 5.75 Å². The van der Waals surface area contributed by atoms with E-state index in [1.165, 1.54) is 42.3 Å². The number of aliphatic hydroxyl groups is 1. The van der Waals surface area contributed by atoms with Crippen LogP contribution in [0.4, 0.5) is 4.39 Å². The third kappa shape index (κ3) is 3.86. The number of hydrogen-bond donors (Lipinski definition) is 1. The van der Waals surface area contributed by atoms with Crippen LogP contribution in [0.25, 0.3) is 5.76 Å². The molecule has 8 heteroatoms. The summed E-state index contributed by atoms with van der Waals surface area (Å²) in [5.41, 5.74) is 0.122. The number of nitrogens with zero attached hydrogens (tertiary/aromatic N) is 1. The van der Waals surface area contributed by atoms with Gasteiger partial charge >= 0.3 is 0 Å². The van der Waals surface area contributed by atoms with E-state index in [2.05, 4.69) is 0 Å². The van der Waals surface area contributed by atoms with Crippen LogP contribution in [0.2, 0.25) is 10.0 Å². The van der Waals surface area contributed by atoms with Gasteiger partial charge in [-0.05, 0) is 31.0 Å². The van der Waals surface area contributed by atoms with Crippen LogP contribution >= 0.6 is 23.2 Å². The predicted octanol–water partition coefficient (Wildman–Crippen LogP) is 5.90. The summed E-state index contributed by atoms with van der Waals surface area (Å²) in [4.78, 5) is 27.7.